The molecule has 1 nitrogen and oxygen atoms in total. The van der Waals surface area contributed by atoms with Gasteiger partial charge in [-0.15, -0.1) is 34.5 Å². The molecule has 0 radical (unpaired) electrons. The van der Waals surface area contributed by atoms with E-state index in [2.05, 4.69) is 79.7 Å². The van der Waals surface area contributed by atoms with Crippen LogP contribution in [0.25, 0.3) is 27.8 Å². The molecule has 27 heavy (non-hydrogen) atoms. The molecule has 136 valence electrons. The van der Waals surface area contributed by atoms with Crippen LogP contribution in [0.15, 0.2) is 66.7 Å². The quantitative estimate of drug-likeness (QED) is 0.237. The summed E-state index contributed by atoms with van der Waals surface area (Å²) >= 11 is 0. The average Bonchev–Trinajstić information content (AvgIpc) is 2.99. The van der Waals surface area contributed by atoms with Gasteiger partial charge in [0, 0.05) is 37.1 Å². The van der Waals surface area contributed by atoms with Gasteiger partial charge in [-0.1, -0.05) is 42.8 Å². The minimum atomic E-state index is 0. The van der Waals surface area contributed by atoms with Crippen molar-refractivity contribution >= 4 is 27.8 Å². The first-order chi connectivity index (χ1) is 11.8. The zero-order chi connectivity index (χ0) is 16.1. The molecule has 0 amide bonds. The van der Waals surface area contributed by atoms with Crippen molar-refractivity contribution in [3.63, 3.8) is 0 Å². The normalized spacial score (nSPS) is 14.8. The molecule has 0 N–H and O–H groups in total. The fraction of sp³-hybridized carbons (Fsp3) is 0.130. The Labute approximate surface area is 190 Å². The van der Waals surface area contributed by atoms with E-state index in [1.165, 1.54) is 32.8 Å². The van der Waals surface area contributed by atoms with E-state index in [-0.39, 0.29) is 50.7 Å². The number of nitrogens with zero attached hydrogens (tertiary/aromatic N) is 1. The number of fused-ring (bicyclic) bond motifs is 3. The van der Waals surface area contributed by atoms with E-state index < -0.39 is 0 Å². The molecule has 1 aromatic heterocycles. The molecule has 0 spiro atoms. The monoisotopic (exact) mass is 558 g/mol. The third-order valence-corrected chi connectivity index (χ3v) is 5.11. The van der Waals surface area contributed by atoms with Crippen LogP contribution >= 0.6 is 0 Å². The number of aromatic nitrogens is 1. The van der Waals surface area contributed by atoms with E-state index in [0.717, 1.165) is 17.6 Å². The number of para-hydroxylation sites is 1. The van der Waals surface area contributed by atoms with Crippen molar-refractivity contribution in [2.24, 2.45) is 0 Å². The van der Waals surface area contributed by atoms with Gasteiger partial charge in [0.05, 0.1) is 11.2 Å². The van der Waals surface area contributed by atoms with E-state index >= 15 is 0 Å². The van der Waals surface area contributed by atoms with Crippen LogP contribution in [0.5, 0.6) is 0 Å². The van der Waals surface area contributed by atoms with Crippen molar-refractivity contribution in [2.75, 3.05) is 0 Å². The van der Waals surface area contributed by atoms with Gasteiger partial charge in [0.15, 0.2) is 0 Å². The van der Waals surface area contributed by atoms with Gasteiger partial charge in [-0.05, 0) is 30.2 Å². The van der Waals surface area contributed by atoms with Crippen molar-refractivity contribution in [3.8, 4) is 0 Å². The SMILES string of the molecule is Cc1cc2c(C3CC=Cc4nc5ccccc5cc43)cccc2[cH-]1.[Cl-].[Cl-].[Hf]. The van der Waals surface area contributed by atoms with Gasteiger partial charge in [-0.2, -0.15) is 6.07 Å². The van der Waals surface area contributed by atoms with Crippen molar-refractivity contribution in [1.82, 2.24) is 4.98 Å². The molecule has 0 aliphatic heterocycles. The molecule has 1 unspecified atom stereocenters. The molecular formula is C23H18Cl2HfN-3. The van der Waals surface area contributed by atoms with E-state index in [0.29, 0.717) is 5.92 Å². The molecule has 1 aliphatic carbocycles. The van der Waals surface area contributed by atoms with Gasteiger partial charge in [0.25, 0.3) is 0 Å². The van der Waals surface area contributed by atoms with E-state index in [1.54, 1.807) is 0 Å². The standard InChI is InChI=1S/C23H18N.2ClH.Hf/c1-15-12-16-7-4-8-18(20(16)13-15)19-9-5-11-23-21(19)14-17-6-2-3-10-22(17)24-23;;;/h2-8,10-14,19H,9H2,1H3;2*1H;/q-1;;;/p-2. The maximum atomic E-state index is 4.89. The first-order valence-electron chi connectivity index (χ1n) is 8.52. The second-order valence-corrected chi connectivity index (χ2v) is 6.73. The summed E-state index contributed by atoms with van der Waals surface area (Å²) < 4.78 is 0. The summed E-state index contributed by atoms with van der Waals surface area (Å²) in [6, 6.07) is 22.0. The molecule has 1 heterocycles. The zero-order valence-corrected chi connectivity index (χ0v) is 20.0. The summed E-state index contributed by atoms with van der Waals surface area (Å²) in [4.78, 5) is 4.89. The number of halogens is 2. The van der Waals surface area contributed by atoms with Gasteiger partial charge in [-0.25, -0.2) is 4.98 Å². The molecule has 4 heteroatoms. The first-order valence-corrected chi connectivity index (χ1v) is 8.52. The fourth-order valence-electron chi connectivity index (χ4n) is 4.01. The molecule has 5 rings (SSSR count). The topological polar surface area (TPSA) is 12.9 Å². The van der Waals surface area contributed by atoms with Gasteiger partial charge in [0.2, 0.25) is 0 Å². The number of aryl methyl sites for hydroxylation is 1. The minimum absolute atomic E-state index is 0. The van der Waals surface area contributed by atoms with Crippen LogP contribution in [-0.4, -0.2) is 4.98 Å². The zero-order valence-electron chi connectivity index (χ0n) is 14.9. The number of pyridine rings is 1. The van der Waals surface area contributed by atoms with Gasteiger partial charge < -0.3 is 24.8 Å². The number of allylic oxidation sites excluding steroid dienone is 1. The summed E-state index contributed by atoms with van der Waals surface area (Å²) in [5, 5.41) is 3.95. The number of hydrogen-bond acceptors (Lipinski definition) is 1. The molecule has 0 saturated heterocycles. The predicted octanol–water partition coefficient (Wildman–Crippen LogP) is -0.0304. The molecular weight excluding hydrogens is 540 g/mol. The van der Waals surface area contributed by atoms with Crippen molar-refractivity contribution < 1.29 is 50.7 Å². The summed E-state index contributed by atoms with van der Waals surface area (Å²) in [6.07, 6.45) is 5.48. The Kier molecular flexibility index (Phi) is 7.13. The number of benzene rings is 2. The van der Waals surface area contributed by atoms with Crippen molar-refractivity contribution in [1.29, 1.82) is 0 Å². The van der Waals surface area contributed by atoms with E-state index in [9.17, 15) is 0 Å². The Morgan fingerprint density at radius 3 is 2.63 bits per heavy atom. The Morgan fingerprint density at radius 2 is 1.78 bits per heavy atom. The van der Waals surface area contributed by atoms with E-state index in [1.807, 2.05) is 0 Å². The summed E-state index contributed by atoms with van der Waals surface area (Å²) in [7, 11) is 0. The van der Waals surface area contributed by atoms with Crippen molar-refractivity contribution in [3.05, 3.63) is 89.1 Å². The van der Waals surface area contributed by atoms with Crippen LogP contribution in [0.2, 0.25) is 0 Å². The second kappa shape index (κ2) is 8.77. The first kappa shape index (κ1) is 21.9. The molecule has 1 aliphatic rings. The number of hydrogen-bond donors (Lipinski definition) is 0. The van der Waals surface area contributed by atoms with Crippen molar-refractivity contribution in [2.45, 2.75) is 19.3 Å². The van der Waals surface area contributed by atoms with Gasteiger partial charge in [0.1, 0.15) is 0 Å². The van der Waals surface area contributed by atoms with Crippen LogP contribution in [0.4, 0.5) is 0 Å². The Bertz CT molecular complexity index is 1110. The van der Waals surface area contributed by atoms with Crippen LogP contribution in [0.1, 0.15) is 34.7 Å². The third-order valence-electron chi connectivity index (χ3n) is 5.11. The largest absolute Gasteiger partial charge is 1.00 e. The maximum Gasteiger partial charge on any atom is 0.0709 e. The average molecular weight is 558 g/mol. The molecule has 0 saturated carbocycles. The van der Waals surface area contributed by atoms with Gasteiger partial charge >= 0.3 is 0 Å². The molecule has 1 atom stereocenters. The van der Waals surface area contributed by atoms with Gasteiger partial charge in [-0.3, -0.25) is 0 Å². The fourth-order valence-corrected chi connectivity index (χ4v) is 4.01. The van der Waals surface area contributed by atoms with Crippen LogP contribution < -0.4 is 24.8 Å². The molecule has 4 aromatic rings. The van der Waals surface area contributed by atoms with E-state index in [4.69, 9.17) is 4.98 Å². The molecule has 0 fully saturated rings. The number of rotatable bonds is 1. The van der Waals surface area contributed by atoms with Crippen LogP contribution in [0, 0.1) is 6.92 Å². The third kappa shape index (κ3) is 3.81. The van der Waals surface area contributed by atoms with Crippen LogP contribution in [0.3, 0.4) is 0 Å². The Hall–Kier alpha value is -1.35. The molecule has 0 bridgehead atoms. The summed E-state index contributed by atoms with van der Waals surface area (Å²) in [5.41, 5.74) is 6.29. The van der Waals surface area contributed by atoms with Crippen LogP contribution in [-0.2, 0) is 25.8 Å². The molecule has 3 aromatic carbocycles. The predicted molar refractivity (Wildman–Crippen MR) is 102 cm³/mol. The Morgan fingerprint density at radius 1 is 0.963 bits per heavy atom. The smallest absolute Gasteiger partial charge is 0.0709 e. The summed E-state index contributed by atoms with van der Waals surface area (Å²) in [6.45, 7) is 2.17. The maximum absolute atomic E-state index is 4.89. The Balaban J connectivity index is 0.000000871. The minimum Gasteiger partial charge on any atom is -1.00 e. The summed E-state index contributed by atoms with van der Waals surface area (Å²) in [5.74, 6) is 0.382. The second-order valence-electron chi connectivity index (χ2n) is 6.73.